The maximum atomic E-state index is 12.2. The molecule has 0 saturated heterocycles. The van der Waals surface area contributed by atoms with Gasteiger partial charge in [0.15, 0.2) is 0 Å². The van der Waals surface area contributed by atoms with Crippen LogP contribution in [0.5, 0.6) is 0 Å². The number of nitrogens with one attached hydrogen (secondary N) is 2. The van der Waals surface area contributed by atoms with E-state index in [4.69, 9.17) is 4.74 Å². The minimum atomic E-state index is -0.391. The average molecular weight is 377 g/mol. The molecule has 0 atom stereocenters. The highest BCUT2D eigenvalue weighted by Gasteiger charge is 2.20. The second-order valence-corrected chi connectivity index (χ2v) is 6.38. The fourth-order valence-electron chi connectivity index (χ4n) is 2.47. The number of nitrogens with zero attached hydrogens (tertiary/aromatic N) is 2. The van der Waals surface area contributed by atoms with Crippen LogP contribution in [0.15, 0.2) is 22.9 Å². The van der Waals surface area contributed by atoms with Crippen molar-refractivity contribution in [3.8, 4) is 0 Å². The number of anilines is 1. The lowest BCUT2D eigenvalue weighted by molar-refractivity contribution is 0.0527. The van der Waals surface area contributed by atoms with Crippen molar-refractivity contribution in [3.05, 3.63) is 28.5 Å². The molecule has 3 rings (SSSR count). The van der Waals surface area contributed by atoms with E-state index in [0.29, 0.717) is 17.9 Å². The van der Waals surface area contributed by atoms with Gasteiger partial charge in [-0.15, -0.1) is 0 Å². The summed E-state index contributed by atoms with van der Waals surface area (Å²) < 4.78 is 6.01. The monoisotopic (exact) mass is 376 g/mol. The number of hydrogen-bond acceptors (Lipinski definition) is 5. The van der Waals surface area contributed by atoms with Gasteiger partial charge < -0.3 is 15.0 Å². The van der Waals surface area contributed by atoms with Crippen molar-refractivity contribution >= 4 is 49.7 Å². The summed E-state index contributed by atoms with van der Waals surface area (Å²) in [7, 11) is 0. The zero-order valence-electron chi connectivity index (χ0n) is 13.1. The second kappa shape index (κ2) is 6.16. The summed E-state index contributed by atoms with van der Waals surface area (Å²) in [5.41, 5.74) is 4.21. The molecule has 3 aromatic rings. The molecule has 0 amide bonds. The average Bonchev–Trinajstić information content (AvgIpc) is 2.85. The van der Waals surface area contributed by atoms with Crippen molar-refractivity contribution in [2.75, 3.05) is 11.9 Å². The molecule has 0 spiro atoms. The number of carbonyl (C=O) groups excluding carboxylic acids is 1. The molecule has 7 heteroatoms. The number of carbonyl (C=O) groups is 1. The Kier molecular flexibility index (Phi) is 4.21. The van der Waals surface area contributed by atoms with Crippen LogP contribution >= 0.6 is 15.9 Å². The lowest BCUT2D eigenvalue weighted by atomic mass is 10.2. The van der Waals surface area contributed by atoms with Gasteiger partial charge in [0.2, 0.25) is 0 Å². The highest BCUT2D eigenvalue weighted by atomic mass is 79.9. The summed E-state index contributed by atoms with van der Waals surface area (Å²) in [4.78, 5) is 24.4. The van der Waals surface area contributed by atoms with Crippen LogP contribution in [0, 0.1) is 0 Å². The molecule has 6 nitrogen and oxygen atoms in total. The topological polar surface area (TPSA) is 79.9 Å². The lowest BCUT2D eigenvalue weighted by Gasteiger charge is -2.14. The van der Waals surface area contributed by atoms with Gasteiger partial charge in [0.25, 0.3) is 0 Å². The third-order valence-corrected chi connectivity index (χ3v) is 3.78. The molecule has 3 aromatic heterocycles. The Labute approximate surface area is 141 Å². The first-order valence-corrected chi connectivity index (χ1v) is 8.20. The Balaban J connectivity index is 2.29. The van der Waals surface area contributed by atoms with E-state index in [2.05, 4.69) is 36.2 Å². The van der Waals surface area contributed by atoms with Gasteiger partial charge in [-0.2, -0.15) is 0 Å². The molecule has 0 aliphatic heterocycles. The predicted molar refractivity (Wildman–Crippen MR) is 93.8 cm³/mol. The van der Waals surface area contributed by atoms with E-state index in [1.54, 1.807) is 19.3 Å². The van der Waals surface area contributed by atoms with Crippen LogP contribution in [0.1, 0.15) is 31.1 Å². The maximum Gasteiger partial charge on any atom is 0.341 e. The molecule has 3 heterocycles. The van der Waals surface area contributed by atoms with E-state index >= 15 is 0 Å². The summed E-state index contributed by atoms with van der Waals surface area (Å²) in [5.74, 6) is -0.391. The number of fused-ring (bicyclic) bond motifs is 3. The van der Waals surface area contributed by atoms with Crippen molar-refractivity contribution in [1.29, 1.82) is 0 Å². The van der Waals surface area contributed by atoms with Crippen molar-refractivity contribution in [2.24, 2.45) is 0 Å². The van der Waals surface area contributed by atoms with Crippen LogP contribution in [0.4, 0.5) is 5.69 Å². The van der Waals surface area contributed by atoms with E-state index in [1.165, 1.54) is 0 Å². The van der Waals surface area contributed by atoms with E-state index < -0.39 is 5.97 Å². The molecule has 120 valence electrons. The summed E-state index contributed by atoms with van der Waals surface area (Å²) in [6, 6.07) is 2.09. The fourth-order valence-corrected chi connectivity index (χ4v) is 2.80. The zero-order valence-corrected chi connectivity index (χ0v) is 14.7. The first-order chi connectivity index (χ1) is 11.0. The predicted octanol–water partition coefficient (Wildman–Crippen LogP) is 3.87. The Hall–Kier alpha value is -2.15. The third-order valence-electron chi connectivity index (χ3n) is 3.35. The van der Waals surface area contributed by atoms with Gasteiger partial charge in [0.1, 0.15) is 16.6 Å². The normalized spacial score (nSPS) is 11.3. The van der Waals surface area contributed by atoms with E-state index in [0.717, 1.165) is 26.5 Å². The fraction of sp³-hybridized carbons (Fsp3) is 0.312. The van der Waals surface area contributed by atoms with Crippen molar-refractivity contribution in [3.63, 3.8) is 0 Å². The number of aromatic amines is 1. The molecule has 0 aromatic carbocycles. The molecular formula is C16H17BrN4O2. The smallest absolute Gasteiger partial charge is 0.341 e. The van der Waals surface area contributed by atoms with Gasteiger partial charge >= 0.3 is 5.97 Å². The van der Waals surface area contributed by atoms with Crippen LogP contribution in [0.2, 0.25) is 0 Å². The molecular weight excluding hydrogens is 360 g/mol. The number of rotatable bonds is 4. The highest BCUT2D eigenvalue weighted by Crippen LogP contribution is 2.32. The van der Waals surface area contributed by atoms with Gasteiger partial charge in [0.05, 0.1) is 23.3 Å². The molecule has 0 unspecified atom stereocenters. The van der Waals surface area contributed by atoms with Crippen LogP contribution < -0.4 is 5.32 Å². The third kappa shape index (κ3) is 2.88. The van der Waals surface area contributed by atoms with Crippen LogP contribution in [0.3, 0.4) is 0 Å². The SMILES string of the molecule is CCOC(=O)c1cnc2c([nH]c3cc(Br)cnc32)c1NC(C)C. The largest absolute Gasteiger partial charge is 0.462 e. The van der Waals surface area contributed by atoms with Crippen molar-refractivity contribution in [2.45, 2.75) is 26.8 Å². The maximum absolute atomic E-state index is 12.2. The summed E-state index contributed by atoms with van der Waals surface area (Å²) in [5, 5.41) is 3.32. The Morgan fingerprint density at radius 1 is 1.35 bits per heavy atom. The molecule has 0 aliphatic rings. The van der Waals surface area contributed by atoms with Crippen molar-refractivity contribution < 1.29 is 9.53 Å². The first kappa shape index (κ1) is 15.7. The van der Waals surface area contributed by atoms with E-state index in [9.17, 15) is 4.79 Å². The Morgan fingerprint density at radius 2 is 2.09 bits per heavy atom. The summed E-state index contributed by atoms with van der Waals surface area (Å²) in [6.45, 7) is 6.13. The number of aromatic nitrogens is 3. The molecule has 23 heavy (non-hydrogen) atoms. The Bertz CT molecular complexity index is 889. The van der Waals surface area contributed by atoms with Gasteiger partial charge in [-0.05, 0) is 42.8 Å². The number of ether oxygens (including phenoxy) is 1. The molecule has 2 N–H and O–H groups in total. The zero-order chi connectivity index (χ0) is 16.6. The molecule has 0 radical (unpaired) electrons. The number of pyridine rings is 2. The van der Waals surface area contributed by atoms with Crippen molar-refractivity contribution in [1.82, 2.24) is 15.0 Å². The summed E-state index contributed by atoms with van der Waals surface area (Å²) >= 11 is 3.41. The standard InChI is InChI=1S/C16H17BrN4O2/c1-4-23-16(22)10-7-19-14-13-11(5-9(17)6-18-13)21-15(14)12(10)20-8(2)3/h5-8,21H,4H2,1-3H3,(H,19,20). The van der Waals surface area contributed by atoms with Gasteiger partial charge in [0, 0.05) is 22.9 Å². The minimum Gasteiger partial charge on any atom is -0.462 e. The molecule has 0 saturated carbocycles. The second-order valence-electron chi connectivity index (χ2n) is 5.46. The van der Waals surface area contributed by atoms with Gasteiger partial charge in [-0.3, -0.25) is 9.97 Å². The first-order valence-electron chi connectivity index (χ1n) is 7.40. The van der Waals surface area contributed by atoms with Crippen LogP contribution in [0.25, 0.3) is 22.1 Å². The number of esters is 1. The van der Waals surface area contributed by atoms with E-state index in [1.807, 2.05) is 19.9 Å². The molecule has 0 fully saturated rings. The van der Waals surface area contributed by atoms with Gasteiger partial charge in [-0.25, -0.2) is 4.79 Å². The number of halogens is 1. The number of H-pyrrole nitrogens is 1. The molecule has 0 bridgehead atoms. The Morgan fingerprint density at radius 3 is 2.78 bits per heavy atom. The minimum absolute atomic E-state index is 0.153. The summed E-state index contributed by atoms with van der Waals surface area (Å²) in [6.07, 6.45) is 3.27. The van der Waals surface area contributed by atoms with Gasteiger partial charge in [-0.1, -0.05) is 0 Å². The lowest BCUT2D eigenvalue weighted by Crippen LogP contribution is -2.15. The van der Waals surface area contributed by atoms with Crippen LogP contribution in [-0.4, -0.2) is 33.6 Å². The van der Waals surface area contributed by atoms with Crippen LogP contribution in [-0.2, 0) is 4.74 Å². The highest BCUT2D eigenvalue weighted by molar-refractivity contribution is 9.10. The molecule has 0 aliphatic carbocycles. The number of hydrogen-bond donors (Lipinski definition) is 2. The van der Waals surface area contributed by atoms with E-state index in [-0.39, 0.29) is 6.04 Å². The quantitative estimate of drug-likeness (QED) is 0.675.